The van der Waals surface area contributed by atoms with Crippen molar-refractivity contribution in [2.24, 2.45) is 0 Å². The van der Waals surface area contributed by atoms with Gasteiger partial charge in [0.15, 0.2) is 16.1 Å². The number of anilines is 1. The predicted molar refractivity (Wildman–Crippen MR) is 86.5 cm³/mol. The Hall–Kier alpha value is -0.890. The molecule has 5 nitrogen and oxygen atoms in total. The van der Waals surface area contributed by atoms with E-state index in [1.54, 1.807) is 0 Å². The van der Waals surface area contributed by atoms with Crippen LogP contribution in [-0.4, -0.2) is 45.5 Å². The minimum atomic E-state index is -0.695. The Morgan fingerprint density at radius 2 is 2.09 bits per heavy atom. The van der Waals surface area contributed by atoms with Crippen molar-refractivity contribution in [2.75, 3.05) is 24.3 Å². The zero-order valence-corrected chi connectivity index (χ0v) is 14.0. The average molecular weight is 363 g/mol. The van der Waals surface area contributed by atoms with Crippen molar-refractivity contribution in [1.29, 1.82) is 0 Å². The molecule has 0 saturated carbocycles. The van der Waals surface area contributed by atoms with Gasteiger partial charge in [-0.1, -0.05) is 35.0 Å². The van der Waals surface area contributed by atoms with Gasteiger partial charge in [0.1, 0.15) is 16.5 Å². The molecule has 2 aromatic rings. The molecule has 0 radical (unpaired) electrons. The standard InChI is InChI=1S/C13H13Cl2FN4OS/c1-22-13-17-9-7(10(14)18-11(15)8(9)16)12(19-13)20-4-2-6(20)3-5-21/h6,21H,2-5H2,1H3/t6-/m0/s1. The number of thioether (sulfide) groups is 1. The summed E-state index contributed by atoms with van der Waals surface area (Å²) in [5.41, 5.74) is 0.0778. The van der Waals surface area contributed by atoms with Crippen molar-refractivity contribution in [2.45, 2.75) is 24.0 Å². The summed E-state index contributed by atoms with van der Waals surface area (Å²) in [6, 6.07) is 0.160. The highest BCUT2D eigenvalue weighted by atomic mass is 35.5. The van der Waals surface area contributed by atoms with Crippen LogP contribution in [-0.2, 0) is 0 Å². The van der Waals surface area contributed by atoms with Gasteiger partial charge in [-0.3, -0.25) is 0 Å². The Kier molecular flexibility index (Phi) is 4.59. The van der Waals surface area contributed by atoms with Gasteiger partial charge in [-0.25, -0.2) is 19.3 Å². The van der Waals surface area contributed by atoms with Gasteiger partial charge < -0.3 is 10.0 Å². The molecule has 0 aromatic carbocycles. The van der Waals surface area contributed by atoms with Crippen LogP contribution >= 0.6 is 35.0 Å². The molecule has 3 heterocycles. The van der Waals surface area contributed by atoms with Crippen molar-refractivity contribution < 1.29 is 9.50 Å². The average Bonchev–Trinajstić information content (AvgIpc) is 2.48. The molecule has 118 valence electrons. The third-order valence-electron chi connectivity index (χ3n) is 3.72. The summed E-state index contributed by atoms with van der Waals surface area (Å²) in [5.74, 6) is -0.147. The Bertz CT molecular complexity index is 733. The van der Waals surface area contributed by atoms with E-state index in [-0.39, 0.29) is 28.5 Å². The third-order valence-corrected chi connectivity index (χ3v) is 4.79. The monoisotopic (exact) mass is 362 g/mol. The summed E-state index contributed by atoms with van der Waals surface area (Å²) in [6.07, 6.45) is 3.39. The molecule has 0 unspecified atom stereocenters. The largest absolute Gasteiger partial charge is 0.396 e. The number of pyridine rings is 1. The molecule has 0 spiro atoms. The van der Waals surface area contributed by atoms with E-state index >= 15 is 0 Å². The van der Waals surface area contributed by atoms with Gasteiger partial charge in [-0.2, -0.15) is 0 Å². The molecule has 2 aromatic heterocycles. The van der Waals surface area contributed by atoms with Gasteiger partial charge in [-0.15, -0.1) is 0 Å². The normalized spacial score (nSPS) is 17.9. The van der Waals surface area contributed by atoms with Gasteiger partial charge in [0.05, 0.1) is 5.39 Å². The number of aliphatic hydroxyl groups excluding tert-OH is 1. The molecular formula is C13H13Cl2FN4OS. The highest BCUT2D eigenvalue weighted by molar-refractivity contribution is 7.98. The number of fused-ring (bicyclic) bond motifs is 1. The number of rotatable bonds is 4. The van der Waals surface area contributed by atoms with E-state index in [0.717, 1.165) is 13.0 Å². The Labute approximate surface area is 140 Å². The van der Waals surface area contributed by atoms with Crippen LogP contribution in [0.4, 0.5) is 10.2 Å². The summed E-state index contributed by atoms with van der Waals surface area (Å²) < 4.78 is 14.3. The fourth-order valence-electron chi connectivity index (χ4n) is 2.53. The van der Waals surface area contributed by atoms with Gasteiger partial charge in [0.2, 0.25) is 0 Å². The number of aliphatic hydroxyl groups is 1. The van der Waals surface area contributed by atoms with Crippen molar-refractivity contribution in [3.63, 3.8) is 0 Å². The maximum absolute atomic E-state index is 14.3. The zero-order valence-electron chi connectivity index (χ0n) is 11.7. The summed E-state index contributed by atoms with van der Waals surface area (Å²) in [7, 11) is 0. The summed E-state index contributed by atoms with van der Waals surface area (Å²) in [5, 5.41) is 9.72. The highest BCUT2D eigenvalue weighted by Gasteiger charge is 2.32. The maximum atomic E-state index is 14.3. The Morgan fingerprint density at radius 1 is 1.32 bits per heavy atom. The molecule has 0 amide bonds. The van der Waals surface area contributed by atoms with Crippen LogP contribution in [0.5, 0.6) is 0 Å². The number of nitrogens with zero attached hydrogens (tertiary/aromatic N) is 4. The molecule has 0 bridgehead atoms. The second-order valence-electron chi connectivity index (χ2n) is 4.91. The summed E-state index contributed by atoms with van der Waals surface area (Å²) >= 11 is 13.2. The Balaban J connectivity index is 2.22. The maximum Gasteiger partial charge on any atom is 0.189 e. The van der Waals surface area contributed by atoms with Gasteiger partial charge in [0, 0.05) is 19.2 Å². The molecule has 22 heavy (non-hydrogen) atoms. The first-order chi connectivity index (χ1) is 10.6. The number of hydrogen-bond donors (Lipinski definition) is 1. The van der Waals surface area contributed by atoms with Gasteiger partial charge >= 0.3 is 0 Å². The molecule has 0 aliphatic carbocycles. The third kappa shape index (κ3) is 2.60. The minimum absolute atomic E-state index is 0.0778. The van der Waals surface area contributed by atoms with E-state index in [1.165, 1.54) is 11.8 Å². The van der Waals surface area contributed by atoms with Crippen LogP contribution in [0.3, 0.4) is 0 Å². The molecule has 3 rings (SSSR count). The fraction of sp³-hybridized carbons (Fsp3) is 0.462. The van der Waals surface area contributed by atoms with Crippen LogP contribution in [0.1, 0.15) is 12.8 Å². The summed E-state index contributed by atoms with van der Waals surface area (Å²) in [4.78, 5) is 14.5. The molecular weight excluding hydrogens is 350 g/mol. The van der Waals surface area contributed by atoms with E-state index in [4.69, 9.17) is 28.3 Å². The lowest BCUT2D eigenvalue weighted by atomic mass is 9.99. The zero-order chi connectivity index (χ0) is 15.9. The molecule has 1 atom stereocenters. The van der Waals surface area contributed by atoms with E-state index < -0.39 is 5.82 Å². The first kappa shape index (κ1) is 16.0. The van der Waals surface area contributed by atoms with Gasteiger partial charge in [0.25, 0.3) is 0 Å². The lowest BCUT2D eigenvalue weighted by Gasteiger charge is -2.42. The number of hydrogen-bond acceptors (Lipinski definition) is 6. The predicted octanol–water partition coefficient (Wildman–Crippen LogP) is 3.15. The van der Waals surface area contributed by atoms with Crippen molar-refractivity contribution in [3.8, 4) is 0 Å². The van der Waals surface area contributed by atoms with E-state index in [0.29, 0.717) is 22.8 Å². The first-order valence-electron chi connectivity index (χ1n) is 6.70. The van der Waals surface area contributed by atoms with Crippen molar-refractivity contribution in [3.05, 3.63) is 16.1 Å². The van der Waals surface area contributed by atoms with Crippen LogP contribution in [0.25, 0.3) is 10.9 Å². The fourth-order valence-corrected chi connectivity index (χ4v) is 3.37. The molecule has 9 heteroatoms. The van der Waals surface area contributed by atoms with E-state index in [2.05, 4.69) is 15.0 Å². The molecule has 1 aliphatic rings. The van der Waals surface area contributed by atoms with Crippen molar-refractivity contribution in [1.82, 2.24) is 15.0 Å². The molecule has 1 aliphatic heterocycles. The van der Waals surface area contributed by atoms with Crippen LogP contribution in [0.15, 0.2) is 5.16 Å². The highest BCUT2D eigenvalue weighted by Crippen LogP contribution is 2.38. The van der Waals surface area contributed by atoms with Crippen molar-refractivity contribution >= 4 is 51.7 Å². The quantitative estimate of drug-likeness (QED) is 0.512. The Morgan fingerprint density at radius 3 is 2.68 bits per heavy atom. The van der Waals surface area contributed by atoms with E-state index in [9.17, 15) is 4.39 Å². The molecule has 1 saturated heterocycles. The SMILES string of the molecule is CSc1nc(N2CC[C@H]2CCO)c2c(Cl)nc(Cl)c(F)c2n1. The summed E-state index contributed by atoms with van der Waals surface area (Å²) in [6.45, 7) is 0.858. The lowest BCUT2D eigenvalue weighted by Crippen LogP contribution is -2.48. The molecule has 1 N–H and O–H groups in total. The van der Waals surface area contributed by atoms with Crippen LogP contribution < -0.4 is 4.90 Å². The number of halogens is 3. The smallest absolute Gasteiger partial charge is 0.189 e. The second-order valence-corrected chi connectivity index (χ2v) is 6.40. The van der Waals surface area contributed by atoms with Gasteiger partial charge in [-0.05, 0) is 19.1 Å². The van der Waals surface area contributed by atoms with E-state index in [1.807, 2.05) is 11.2 Å². The number of aromatic nitrogens is 3. The van der Waals surface area contributed by atoms with Crippen LogP contribution in [0, 0.1) is 5.82 Å². The van der Waals surface area contributed by atoms with Crippen LogP contribution in [0.2, 0.25) is 10.3 Å². The second kappa shape index (κ2) is 6.31. The lowest BCUT2D eigenvalue weighted by molar-refractivity contribution is 0.254. The minimum Gasteiger partial charge on any atom is -0.396 e. The first-order valence-corrected chi connectivity index (χ1v) is 8.68. The topological polar surface area (TPSA) is 62.1 Å². The molecule has 1 fully saturated rings.